The molecule has 1 aromatic carbocycles. The van der Waals surface area contributed by atoms with Crippen LogP contribution in [0.4, 0.5) is 4.39 Å². The van der Waals surface area contributed by atoms with Gasteiger partial charge in [-0.05, 0) is 30.8 Å². The van der Waals surface area contributed by atoms with Crippen molar-refractivity contribution in [2.45, 2.75) is 20.1 Å². The first-order chi connectivity index (χ1) is 9.70. The lowest BCUT2D eigenvalue weighted by Gasteiger charge is -2.12. The summed E-state index contributed by atoms with van der Waals surface area (Å²) in [6.07, 6.45) is 3.24. The average Bonchev–Trinajstić information content (AvgIpc) is 2.45. The highest BCUT2D eigenvalue weighted by molar-refractivity contribution is 6.31. The third-order valence-corrected chi connectivity index (χ3v) is 3.17. The molecule has 0 aliphatic carbocycles. The van der Waals surface area contributed by atoms with Gasteiger partial charge in [0, 0.05) is 30.1 Å². The molecule has 20 heavy (non-hydrogen) atoms. The van der Waals surface area contributed by atoms with Gasteiger partial charge < -0.3 is 10.1 Å². The van der Waals surface area contributed by atoms with Gasteiger partial charge in [-0.3, -0.25) is 4.98 Å². The summed E-state index contributed by atoms with van der Waals surface area (Å²) < 4.78 is 19.0. The molecule has 0 aliphatic rings. The lowest BCUT2D eigenvalue weighted by molar-refractivity contribution is 0.301. The monoisotopic (exact) mass is 294 g/mol. The summed E-state index contributed by atoms with van der Waals surface area (Å²) in [6, 6.07) is 6.30. The molecule has 0 saturated carbocycles. The Bertz CT molecular complexity index is 578. The van der Waals surface area contributed by atoms with Crippen LogP contribution in [0.15, 0.2) is 36.7 Å². The van der Waals surface area contributed by atoms with Crippen LogP contribution in [0.25, 0.3) is 0 Å². The predicted molar refractivity (Wildman–Crippen MR) is 77.4 cm³/mol. The highest BCUT2D eigenvalue weighted by atomic mass is 35.5. The Balaban J connectivity index is 2.10. The van der Waals surface area contributed by atoms with Crippen LogP contribution in [0.5, 0.6) is 5.75 Å². The first-order valence-corrected chi connectivity index (χ1v) is 6.79. The van der Waals surface area contributed by atoms with Gasteiger partial charge in [0.25, 0.3) is 0 Å². The van der Waals surface area contributed by atoms with Crippen molar-refractivity contribution in [2.75, 3.05) is 6.54 Å². The van der Waals surface area contributed by atoms with Crippen molar-refractivity contribution in [3.63, 3.8) is 0 Å². The highest BCUT2D eigenvalue weighted by Crippen LogP contribution is 2.22. The molecule has 5 heteroatoms. The van der Waals surface area contributed by atoms with Gasteiger partial charge in [0.15, 0.2) is 0 Å². The molecule has 0 radical (unpaired) electrons. The summed E-state index contributed by atoms with van der Waals surface area (Å²) in [6.45, 7) is 3.70. The molecule has 0 spiro atoms. The lowest BCUT2D eigenvalue weighted by atomic mass is 10.2. The summed E-state index contributed by atoms with van der Waals surface area (Å²) in [5.74, 6) is 0.382. The number of benzene rings is 1. The van der Waals surface area contributed by atoms with Crippen molar-refractivity contribution in [2.24, 2.45) is 0 Å². The summed E-state index contributed by atoms with van der Waals surface area (Å²) in [7, 11) is 0. The van der Waals surface area contributed by atoms with E-state index in [1.807, 2.05) is 6.92 Å². The van der Waals surface area contributed by atoms with Crippen LogP contribution in [-0.2, 0) is 13.2 Å². The number of hydrogen-bond donors (Lipinski definition) is 1. The Kier molecular flexibility index (Phi) is 5.32. The van der Waals surface area contributed by atoms with Crippen LogP contribution in [0.2, 0.25) is 5.02 Å². The quantitative estimate of drug-likeness (QED) is 0.884. The Morgan fingerprint density at radius 1 is 1.30 bits per heavy atom. The molecule has 0 atom stereocenters. The molecule has 1 N–H and O–H groups in total. The number of nitrogens with zero attached hydrogens (tertiary/aromatic N) is 1. The second-order valence-electron chi connectivity index (χ2n) is 4.29. The van der Waals surface area contributed by atoms with E-state index < -0.39 is 0 Å². The second-order valence-corrected chi connectivity index (χ2v) is 4.70. The number of rotatable bonds is 6. The molecule has 1 aromatic heterocycles. The number of halogens is 2. The van der Waals surface area contributed by atoms with Crippen molar-refractivity contribution in [3.05, 3.63) is 58.6 Å². The van der Waals surface area contributed by atoms with E-state index in [4.69, 9.17) is 16.3 Å². The number of nitrogens with one attached hydrogen (secondary N) is 1. The van der Waals surface area contributed by atoms with E-state index in [1.54, 1.807) is 24.5 Å². The van der Waals surface area contributed by atoms with E-state index in [1.165, 1.54) is 12.1 Å². The van der Waals surface area contributed by atoms with Crippen molar-refractivity contribution in [3.8, 4) is 5.75 Å². The molecule has 0 unspecified atom stereocenters. The van der Waals surface area contributed by atoms with Crippen LogP contribution in [0.3, 0.4) is 0 Å². The van der Waals surface area contributed by atoms with E-state index in [0.717, 1.165) is 17.7 Å². The third kappa shape index (κ3) is 3.92. The Morgan fingerprint density at radius 3 is 2.90 bits per heavy atom. The first-order valence-electron chi connectivity index (χ1n) is 6.41. The lowest BCUT2D eigenvalue weighted by Crippen LogP contribution is -2.13. The summed E-state index contributed by atoms with van der Waals surface area (Å²) in [5, 5.41) is 3.72. The molecular weight excluding hydrogens is 279 g/mol. The largest absolute Gasteiger partial charge is 0.489 e. The van der Waals surface area contributed by atoms with Gasteiger partial charge in [-0.2, -0.15) is 0 Å². The molecule has 0 bridgehead atoms. The molecule has 3 nitrogen and oxygen atoms in total. The minimum absolute atomic E-state index is 0.271. The molecule has 0 saturated heterocycles. The fourth-order valence-corrected chi connectivity index (χ4v) is 1.94. The summed E-state index contributed by atoms with van der Waals surface area (Å²) in [5.41, 5.74) is 1.64. The fraction of sp³-hybridized carbons (Fsp3) is 0.267. The summed E-state index contributed by atoms with van der Waals surface area (Å²) in [4.78, 5) is 3.92. The standard InChI is InChI=1S/C15H16ClFN2O/c1-2-18-8-12-7-13(17)3-4-15(12)20-10-11-5-6-19-9-14(11)16/h3-7,9,18H,2,8,10H2,1H3. The van der Waals surface area contributed by atoms with Gasteiger partial charge in [-0.1, -0.05) is 18.5 Å². The van der Waals surface area contributed by atoms with Gasteiger partial charge in [0.05, 0.1) is 5.02 Å². The van der Waals surface area contributed by atoms with Gasteiger partial charge >= 0.3 is 0 Å². The maximum Gasteiger partial charge on any atom is 0.124 e. The zero-order valence-electron chi connectivity index (χ0n) is 11.2. The summed E-state index contributed by atoms with van der Waals surface area (Å²) >= 11 is 6.02. The molecular formula is C15H16ClFN2O. The predicted octanol–water partition coefficient (Wildman–Crippen LogP) is 3.56. The molecule has 106 valence electrons. The van der Waals surface area contributed by atoms with Crippen molar-refractivity contribution in [1.29, 1.82) is 0 Å². The average molecular weight is 295 g/mol. The molecule has 0 aliphatic heterocycles. The third-order valence-electron chi connectivity index (χ3n) is 2.83. The smallest absolute Gasteiger partial charge is 0.124 e. The maximum absolute atomic E-state index is 13.3. The molecule has 2 rings (SSSR count). The SMILES string of the molecule is CCNCc1cc(F)ccc1OCc1ccncc1Cl. The zero-order valence-corrected chi connectivity index (χ0v) is 12.0. The minimum atomic E-state index is -0.271. The van der Waals surface area contributed by atoms with Crippen molar-refractivity contribution in [1.82, 2.24) is 10.3 Å². The van der Waals surface area contributed by atoms with Gasteiger partial charge in [0.1, 0.15) is 18.2 Å². The van der Waals surface area contributed by atoms with Crippen molar-refractivity contribution >= 4 is 11.6 Å². The van der Waals surface area contributed by atoms with Gasteiger partial charge in [0.2, 0.25) is 0 Å². The first kappa shape index (κ1) is 14.8. The second kappa shape index (κ2) is 7.22. The zero-order chi connectivity index (χ0) is 14.4. The normalized spacial score (nSPS) is 10.6. The van der Waals surface area contributed by atoms with Crippen LogP contribution in [0, 0.1) is 5.82 Å². The van der Waals surface area contributed by atoms with E-state index in [-0.39, 0.29) is 5.82 Å². The van der Waals surface area contributed by atoms with Crippen LogP contribution < -0.4 is 10.1 Å². The highest BCUT2D eigenvalue weighted by Gasteiger charge is 2.07. The number of pyridine rings is 1. The van der Waals surface area contributed by atoms with Crippen LogP contribution in [0.1, 0.15) is 18.1 Å². The Morgan fingerprint density at radius 2 is 2.15 bits per heavy atom. The molecule has 1 heterocycles. The topological polar surface area (TPSA) is 34.1 Å². The molecule has 0 amide bonds. The van der Waals surface area contributed by atoms with Crippen molar-refractivity contribution < 1.29 is 9.13 Å². The molecule has 2 aromatic rings. The van der Waals surface area contributed by atoms with Gasteiger partial charge in [-0.25, -0.2) is 4.39 Å². The van der Waals surface area contributed by atoms with E-state index in [2.05, 4.69) is 10.3 Å². The van der Waals surface area contributed by atoms with Crippen LogP contribution in [-0.4, -0.2) is 11.5 Å². The number of hydrogen-bond acceptors (Lipinski definition) is 3. The number of ether oxygens (including phenoxy) is 1. The van der Waals surface area contributed by atoms with E-state index in [0.29, 0.717) is 23.9 Å². The van der Waals surface area contributed by atoms with E-state index >= 15 is 0 Å². The number of aromatic nitrogens is 1. The minimum Gasteiger partial charge on any atom is -0.489 e. The fourth-order valence-electron chi connectivity index (χ4n) is 1.76. The van der Waals surface area contributed by atoms with Crippen LogP contribution >= 0.6 is 11.6 Å². The molecule has 0 fully saturated rings. The van der Waals surface area contributed by atoms with Gasteiger partial charge in [-0.15, -0.1) is 0 Å². The van der Waals surface area contributed by atoms with E-state index in [9.17, 15) is 4.39 Å². The Hall–Kier alpha value is -1.65. The Labute approximate surface area is 122 Å². The maximum atomic E-state index is 13.3.